The van der Waals surface area contributed by atoms with Crippen molar-refractivity contribution < 1.29 is 5.11 Å². The summed E-state index contributed by atoms with van der Waals surface area (Å²) in [5.41, 5.74) is 0. The third-order valence-corrected chi connectivity index (χ3v) is 4.27. The van der Waals surface area contributed by atoms with Crippen LogP contribution in [0.2, 0.25) is 0 Å². The standard InChI is InChI=1S/C16H33NO/c1-3-5-12-17(13-6-4-2)14-15-10-8-7-9-11-16(15)18/h15-16,18H,3-14H2,1-2H3. The van der Waals surface area contributed by atoms with E-state index in [9.17, 15) is 5.11 Å². The molecule has 2 atom stereocenters. The largest absolute Gasteiger partial charge is 0.393 e. The molecule has 1 rings (SSSR count). The molecule has 18 heavy (non-hydrogen) atoms. The van der Waals surface area contributed by atoms with Crippen molar-refractivity contribution >= 4 is 0 Å². The lowest BCUT2D eigenvalue weighted by atomic mass is 9.96. The van der Waals surface area contributed by atoms with Gasteiger partial charge < -0.3 is 10.0 Å². The van der Waals surface area contributed by atoms with Gasteiger partial charge >= 0.3 is 0 Å². The number of unbranched alkanes of at least 4 members (excludes halogenated alkanes) is 2. The second-order valence-electron chi connectivity index (χ2n) is 5.97. The Morgan fingerprint density at radius 2 is 1.56 bits per heavy atom. The Labute approximate surface area is 114 Å². The first-order chi connectivity index (χ1) is 8.77. The van der Waals surface area contributed by atoms with E-state index in [-0.39, 0.29) is 6.10 Å². The average molecular weight is 255 g/mol. The zero-order valence-corrected chi connectivity index (χ0v) is 12.5. The Balaban J connectivity index is 2.40. The molecule has 0 bridgehead atoms. The molecule has 108 valence electrons. The minimum atomic E-state index is -0.0433. The molecule has 0 aromatic heterocycles. The molecule has 0 saturated heterocycles. The maximum absolute atomic E-state index is 10.2. The molecule has 1 fully saturated rings. The van der Waals surface area contributed by atoms with Crippen LogP contribution in [-0.4, -0.2) is 35.7 Å². The fourth-order valence-corrected chi connectivity index (χ4v) is 2.97. The maximum atomic E-state index is 10.2. The molecule has 0 amide bonds. The summed E-state index contributed by atoms with van der Waals surface area (Å²) in [5.74, 6) is 0.529. The van der Waals surface area contributed by atoms with E-state index in [4.69, 9.17) is 0 Å². The number of aliphatic hydroxyl groups is 1. The normalized spacial score (nSPS) is 25.3. The molecule has 0 aromatic rings. The highest BCUT2D eigenvalue weighted by molar-refractivity contribution is 4.76. The van der Waals surface area contributed by atoms with Crippen LogP contribution in [0.4, 0.5) is 0 Å². The lowest BCUT2D eigenvalue weighted by Crippen LogP contribution is -2.36. The lowest BCUT2D eigenvalue weighted by molar-refractivity contribution is 0.0725. The van der Waals surface area contributed by atoms with Crippen LogP contribution in [0.25, 0.3) is 0 Å². The van der Waals surface area contributed by atoms with Crippen LogP contribution < -0.4 is 0 Å². The molecule has 1 N–H and O–H groups in total. The van der Waals surface area contributed by atoms with E-state index in [1.165, 1.54) is 64.5 Å². The predicted molar refractivity (Wildman–Crippen MR) is 78.8 cm³/mol. The fraction of sp³-hybridized carbons (Fsp3) is 1.00. The lowest BCUT2D eigenvalue weighted by Gasteiger charge is -2.29. The molecule has 0 aromatic carbocycles. The Bertz CT molecular complexity index is 188. The van der Waals surface area contributed by atoms with Crippen LogP contribution in [0.5, 0.6) is 0 Å². The molecule has 2 heteroatoms. The quantitative estimate of drug-likeness (QED) is 0.666. The minimum absolute atomic E-state index is 0.0433. The summed E-state index contributed by atoms with van der Waals surface area (Å²) in [4.78, 5) is 2.60. The van der Waals surface area contributed by atoms with Crippen molar-refractivity contribution in [1.82, 2.24) is 4.90 Å². The first-order valence-electron chi connectivity index (χ1n) is 8.18. The van der Waals surface area contributed by atoms with E-state index in [0.29, 0.717) is 5.92 Å². The number of aliphatic hydroxyl groups excluding tert-OH is 1. The molecule has 1 saturated carbocycles. The SMILES string of the molecule is CCCCN(CCCC)CC1CCCCCC1O. The monoisotopic (exact) mass is 255 g/mol. The first kappa shape index (κ1) is 16.0. The number of hydrogen-bond donors (Lipinski definition) is 1. The number of hydrogen-bond acceptors (Lipinski definition) is 2. The molecular formula is C16H33NO. The molecular weight excluding hydrogens is 222 g/mol. The van der Waals surface area contributed by atoms with Crippen molar-refractivity contribution in [2.75, 3.05) is 19.6 Å². The third kappa shape index (κ3) is 6.19. The summed E-state index contributed by atoms with van der Waals surface area (Å²) in [7, 11) is 0. The Morgan fingerprint density at radius 3 is 2.17 bits per heavy atom. The second-order valence-corrected chi connectivity index (χ2v) is 5.97. The van der Waals surface area contributed by atoms with E-state index < -0.39 is 0 Å². The average Bonchev–Trinajstić information content (AvgIpc) is 2.58. The highest BCUT2D eigenvalue weighted by Crippen LogP contribution is 2.24. The summed E-state index contributed by atoms with van der Waals surface area (Å²) in [6.07, 6.45) is 11.2. The van der Waals surface area contributed by atoms with Gasteiger partial charge in [-0.15, -0.1) is 0 Å². The van der Waals surface area contributed by atoms with E-state index in [0.717, 1.165) is 13.0 Å². The smallest absolute Gasteiger partial charge is 0.0580 e. The summed E-state index contributed by atoms with van der Waals surface area (Å²) in [6.45, 7) is 8.09. The topological polar surface area (TPSA) is 23.5 Å². The third-order valence-electron chi connectivity index (χ3n) is 4.27. The zero-order valence-electron chi connectivity index (χ0n) is 12.5. The van der Waals surface area contributed by atoms with Crippen molar-refractivity contribution in [1.29, 1.82) is 0 Å². The van der Waals surface area contributed by atoms with Gasteiger partial charge in [0.15, 0.2) is 0 Å². The Kier molecular flexibility index (Phi) is 8.70. The van der Waals surface area contributed by atoms with Gasteiger partial charge in [0, 0.05) is 6.54 Å². The van der Waals surface area contributed by atoms with Gasteiger partial charge in [-0.3, -0.25) is 0 Å². The summed E-state index contributed by atoms with van der Waals surface area (Å²) >= 11 is 0. The van der Waals surface area contributed by atoms with Crippen LogP contribution >= 0.6 is 0 Å². The van der Waals surface area contributed by atoms with Crippen molar-refractivity contribution in [2.45, 2.75) is 77.7 Å². The summed E-state index contributed by atoms with van der Waals surface area (Å²) in [6, 6.07) is 0. The van der Waals surface area contributed by atoms with Crippen molar-refractivity contribution in [3.05, 3.63) is 0 Å². The molecule has 0 heterocycles. The predicted octanol–water partition coefficient (Wildman–Crippen LogP) is 3.83. The van der Waals surface area contributed by atoms with E-state index >= 15 is 0 Å². The van der Waals surface area contributed by atoms with E-state index in [1.807, 2.05) is 0 Å². The molecule has 1 aliphatic rings. The summed E-state index contributed by atoms with van der Waals surface area (Å²) < 4.78 is 0. The number of nitrogens with zero attached hydrogens (tertiary/aromatic N) is 1. The van der Waals surface area contributed by atoms with Crippen LogP contribution in [0.1, 0.15) is 71.6 Å². The first-order valence-corrected chi connectivity index (χ1v) is 8.18. The van der Waals surface area contributed by atoms with Crippen LogP contribution in [0, 0.1) is 5.92 Å². The Morgan fingerprint density at radius 1 is 0.944 bits per heavy atom. The van der Waals surface area contributed by atoms with Crippen LogP contribution in [0.3, 0.4) is 0 Å². The van der Waals surface area contributed by atoms with Gasteiger partial charge in [0.05, 0.1) is 6.10 Å². The zero-order chi connectivity index (χ0) is 13.2. The highest BCUT2D eigenvalue weighted by atomic mass is 16.3. The van der Waals surface area contributed by atoms with Crippen molar-refractivity contribution in [3.63, 3.8) is 0 Å². The van der Waals surface area contributed by atoms with Gasteiger partial charge in [-0.2, -0.15) is 0 Å². The Hall–Kier alpha value is -0.0800. The van der Waals surface area contributed by atoms with Crippen molar-refractivity contribution in [3.8, 4) is 0 Å². The van der Waals surface area contributed by atoms with Gasteiger partial charge in [0.25, 0.3) is 0 Å². The van der Waals surface area contributed by atoms with E-state index in [2.05, 4.69) is 18.7 Å². The molecule has 2 unspecified atom stereocenters. The molecule has 1 aliphatic carbocycles. The van der Waals surface area contributed by atoms with Gasteiger partial charge in [0.1, 0.15) is 0 Å². The molecule has 2 nitrogen and oxygen atoms in total. The minimum Gasteiger partial charge on any atom is -0.393 e. The molecule has 0 aliphatic heterocycles. The van der Waals surface area contributed by atoms with Crippen LogP contribution in [0.15, 0.2) is 0 Å². The highest BCUT2D eigenvalue weighted by Gasteiger charge is 2.23. The van der Waals surface area contributed by atoms with Gasteiger partial charge in [0.2, 0.25) is 0 Å². The van der Waals surface area contributed by atoms with Gasteiger partial charge in [-0.1, -0.05) is 46.0 Å². The summed E-state index contributed by atoms with van der Waals surface area (Å²) in [5, 5.41) is 10.2. The maximum Gasteiger partial charge on any atom is 0.0580 e. The molecule has 0 spiro atoms. The molecule has 0 radical (unpaired) electrons. The van der Waals surface area contributed by atoms with E-state index in [1.54, 1.807) is 0 Å². The van der Waals surface area contributed by atoms with Gasteiger partial charge in [-0.25, -0.2) is 0 Å². The number of rotatable bonds is 8. The van der Waals surface area contributed by atoms with Crippen molar-refractivity contribution in [2.24, 2.45) is 5.92 Å². The van der Waals surface area contributed by atoms with Crippen LogP contribution in [-0.2, 0) is 0 Å². The fourth-order valence-electron chi connectivity index (χ4n) is 2.97. The second kappa shape index (κ2) is 9.80. The van der Waals surface area contributed by atoms with Gasteiger partial charge in [-0.05, 0) is 44.7 Å².